The lowest BCUT2D eigenvalue weighted by molar-refractivity contribution is -0.114. The third-order valence-corrected chi connectivity index (χ3v) is 2.45. The number of alkyl halides is 1. The Morgan fingerprint density at radius 1 is 1.38 bits per heavy atom. The second-order valence-electron chi connectivity index (χ2n) is 3.32. The fraction of sp³-hybridized carbons (Fsp3) is 0.273. The molecular formula is C11H11Cl2NO2. The second-order valence-corrected chi connectivity index (χ2v) is 4.39. The quantitative estimate of drug-likeness (QED) is 0.670. The molecule has 0 aliphatic rings. The third-order valence-electron chi connectivity index (χ3n) is 1.94. The fourth-order valence-corrected chi connectivity index (χ4v) is 1.59. The van der Waals surface area contributed by atoms with Gasteiger partial charge in [0.05, 0.1) is 16.1 Å². The lowest BCUT2D eigenvalue weighted by Gasteiger charge is -2.11. The maximum Gasteiger partial charge on any atom is 0.221 e. The summed E-state index contributed by atoms with van der Waals surface area (Å²) in [6, 6.07) is 4.82. The molecule has 0 saturated carbocycles. The van der Waals surface area contributed by atoms with Gasteiger partial charge in [0.15, 0.2) is 5.78 Å². The highest BCUT2D eigenvalue weighted by Crippen LogP contribution is 2.27. The number of benzene rings is 1. The summed E-state index contributed by atoms with van der Waals surface area (Å²) in [5, 5.41) is 2.18. The summed E-state index contributed by atoms with van der Waals surface area (Å²) in [5.74, 6) is -0.558. The van der Waals surface area contributed by atoms with Crippen LogP contribution in [0, 0.1) is 0 Å². The summed E-state index contributed by atoms with van der Waals surface area (Å²) >= 11 is 11.6. The Morgan fingerprint density at radius 2 is 2.00 bits per heavy atom. The lowest BCUT2D eigenvalue weighted by Crippen LogP contribution is -2.16. The minimum absolute atomic E-state index is 0.270. The number of halogens is 2. The molecule has 1 unspecified atom stereocenters. The molecule has 1 aromatic rings. The summed E-state index contributed by atoms with van der Waals surface area (Å²) in [5.41, 5.74) is 0.638. The molecule has 0 heterocycles. The van der Waals surface area contributed by atoms with Gasteiger partial charge in [-0.1, -0.05) is 17.7 Å². The first-order valence-electron chi connectivity index (χ1n) is 4.68. The molecule has 0 fully saturated rings. The molecule has 1 atom stereocenters. The highest BCUT2D eigenvalue weighted by atomic mass is 35.5. The Morgan fingerprint density at radius 3 is 2.50 bits per heavy atom. The first-order valence-corrected chi connectivity index (χ1v) is 5.49. The highest BCUT2D eigenvalue weighted by molar-refractivity contribution is 6.37. The van der Waals surface area contributed by atoms with Crippen LogP contribution in [0.5, 0.6) is 0 Å². The van der Waals surface area contributed by atoms with Crippen molar-refractivity contribution < 1.29 is 9.59 Å². The third kappa shape index (κ3) is 2.97. The topological polar surface area (TPSA) is 46.2 Å². The zero-order chi connectivity index (χ0) is 12.3. The van der Waals surface area contributed by atoms with E-state index in [1.807, 2.05) is 0 Å². The first-order chi connectivity index (χ1) is 7.43. The predicted molar refractivity (Wildman–Crippen MR) is 65.4 cm³/mol. The van der Waals surface area contributed by atoms with Crippen molar-refractivity contribution in [1.29, 1.82) is 0 Å². The molecule has 5 heteroatoms. The fourth-order valence-electron chi connectivity index (χ4n) is 1.25. The number of amides is 1. The van der Waals surface area contributed by atoms with Crippen molar-refractivity contribution in [2.45, 2.75) is 19.2 Å². The molecular weight excluding hydrogens is 249 g/mol. The number of rotatable bonds is 3. The summed E-state index contributed by atoms with van der Waals surface area (Å²) in [6.45, 7) is 2.92. The largest absolute Gasteiger partial charge is 0.324 e. The van der Waals surface area contributed by atoms with E-state index in [0.717, 1.165) is 0 Å². The molecule has 1 N–H and O–H groups in total. The van der Waals surface area contributed by atoms with Crippen molar-refractivity contribution in [2.75, 3.05) is 5.32 Å². The van der Waals surface area contributed by atoms with Crippen LogP contribution in [0.4, 0.5) is 5.69 Å². The van der Waals surface area contributed by atoms with Crippen molar-refractivity contribution in [2.24, 2.45) is 0 Å². The van der Waals surface area contributed by atoms with Crippen LogP contribution < -0.4 is 5.32 Å². The van der Waals surface area contributed by atoms with Gasteiger partial charge in [0.25, 0.3) is 0 Å². The van der Waals surface area contributed by atoms with Crippen molar-refractivity contribution in [3.8, 4) is 0 Å². The molecule has 1 rings (SSSR count). The zero-order valence-electron chi connectivity index (χ0n) is 8.88. The summed E-state index contributed by atoms with van der Waals surface area (Å²) in [6.07, 6.45) is 0. The van der Waals surface area contributed by atoms with Gasteiger partial charge in [-0.05, 0) is 19.1 Å². The summed E-state index contributed by atoms with van der Waals surface area (Å²) < 4.78 is 0. The van der Waals surface area contributed by atoms with Crippen LogP contribution in [-0.4, -0.2) is 17.1 Å². The van der Waals surface area contributed by atoms with Gasteiger partial charge in [-0.2, -0.15) is 0 Å². The number of hydrogen-bond acceptors (Lipinski definition) is 2. The van der Waals surface area contributed by atoms with Crippen LogP contribution in [0.25, 0.3) is 0 Å². The first kappa shape index (κ1) is 13.0. The van der Waals surface area contributed by atoms with Crippen LogP contribution in [0.2, 0.25) is 5.02 Å². The van der Waals surface area contributed by atoms with Crippen LogP contribution >= 0.6 is 23.2 Å². The Bertz CT molecular complexity index is 430. The van der Waals surface area contributed by atoms with E-state index in [2.05, 4.69) is 5.32 Å². The molecule has 86 valence electrons. The Hall–Kier alpha value is -1.06. The van der Waals surface area contributed by atoms with Gasteiger partial charge in [-0.3, -0.25) is 9.59 Å². The van der Waals surface area contributed by atoms with Crippen molar-refractivity contribution in [3.63, 3.8) is 0 Å². The molecule has 0 saturated heterocycles. The molecule has 0 spiro atoms. The van der Waals surface area contributed by atoms with Gasteiger partial charge < -0.3 is 5.32 Å². The predicted octanol–water partition coefficient (Wildman–Crippen LogP) is 3.11. The van der Waals surface area contributed by atoms with Crippen molar-refractivity contribution >= 4 is 40.6 Å². The molecule has 0 aromatic heterocycles. The monoisotopic (exact) mass is 259 g/mol. The standard InChI is InChI=1S/C11H11Cl2NO2/c1-6(12)11(16)8-4-3-5-9(13)10(8)14-7(2)15/h3-6H,1-2H3,(H,14,15). The maximum atomic E-state index is 11.8. The van der Waals surface area contributed by atoms with Crippen LogP contribution in [-0.2, 0) is 4.79 Å². The van der Waals surface area contributed by atoms with E-state index in [0.29, 0.717) is 16.3 Å². The molecule has 3 nitrogen and oxygen atoms in total. The van der Waals surface area contributed by atoms with E-state index in [1.165, 1.54) is 6.92 Å². The molecule has 0 radical (unpaired) electrons. The average Bonchev–Trinajstić information content (AvgIpc) is 2.19. The van der Waals surface area contributed by atoms with E-state index in [-0.39, 0.29) is 11.7 Å². The smallest absolute Gasteiger partial charge is 0.221 e. The van der Waals surface area contributed by atoms with Crippen molar-refractivity contribution in [1.82, 2.24) is 0 Å². The van der Waals surface area contributed by atoms with Crippen molar-refractivity contribution in [3.05, 3.63) is 28.8 Å². The number of ketones is 1. The summed E-state index contributed by atoms with van der Waals surface area (Å²) in [7, 11) is 0. The zero-order valence-corrected chi connectivity index (χ0v) is 10.4. The van der Waals surface area contributed by atoms with Crippen LogP contribution in [0.3, 0.4) is 0 Å². The minimum Gasteiger partial charge on any atom is -0.324 e. The van der Waals surface area contributed by atoms with E-state index in [1.54, 1.807) is 25.1 Å². The van der Waals surface area contributed by atoms with Gasteiger partial charge in [-0.25, -0.2) is 0 Å². The Kier molecular flexibility index (Phi) is 4.33. The lowest BCUT2D eigenvalue weighted by atomic mass is 10.1. The number of nitrogens with one attached hydrogen (secondary N) is 1. The van der Waals surface area contributed by atoms with E-state index in [4.69, 9.17) is 23.2 Å². The highest BCUT2D eigenvalue weighted by Gasteiger charge is 2.18. The number of hydrogen-bond donors (Lipinski definition) is 1. The number of carbonyl (C=O) groups excluding carboxylic acids is 2. The van der Waals surface area contributed by atoms with E-state index < -0.39 is 5.38 Å². The SMILES string of the molecule is CC(=O)Nc1c(Cl)cccc1C(=O)C(C)Cl. The maximum absolute atomic E-state index is 11.8. The van der Waals surface area contributed by atoms with Gasteiger partial charge >= 0.3 is 0 Å². The van der Waals surface area contributed by atoms with Crippen LogP contribution in [0.15, 0.2) is 18.2 Å². The Labute approximate surface area is 104 Å². The van der Waals surface area contributed by atoms with Gasteiger partial charge in [0.1, 0.15) is 0 Å². The van der Waals surface area contributed by atoms with Gasteiger partial charge in [0, 0.05) is 12.5 Å². The molecule has 16 heavy (non-hydrogen) atoms. The second kappa shape index (κ2) is 5.32. The molecule has 1 amide bonds. The number of carbonyl (C=O) groups is 2. The van der Waals surface area contributed by atoms with Crippen LogP contribution in [0.1, 0.15) is 24.2 Å². The van der Waals surface area contributed by atoms with Gasteiger partial charge in [0.2, 0.25) is 5.91 Å². The molecule has 1 aromatic carbocycles. The number of para-hydroxylation sites is 1. The number of Topliss-reactive ketones (excluding diaryl/α,β-unsaturated/α-hetero) is 1. The Balaban J connectivity index is 3.22. The number of anilines is 1. The van der Waals surface area contributed by atoms with E-state index >= 15 is 0 Å². The normalized spacial score (nSPS) is 12.0. The minimum atomic E-state index is -0.661. The average molecular weight is 260 g/mol. The molecule has 0 aliphatic carbocycles. The molecule has 0 aliphatic heterocycles. The summed E-state index contributed by atoms with van der Waals surface area (Å²) in [4.78, 5) is 22.8. The van der Waals surface area contributed by atoms with Gasteiger partial charge in [-0.15, -0.1) is 11.6 Å². The molecule has 0 bridgehead atoms. The van der Waals surface area contributed by atoms with E-state index in [9.17, 15) is 9.59 Å².